The van der Waals surface area contributed by atoms with Crippen LogP contribution < -0.4 is 0 Å². The number of rotatable bonds is 1. The highest BCUT2D eigenvalue weighted by Crippen LogP contribution is 2.10. The smallest absolute Gasteiger partial charge is 0.115 e. The molecule has 0 fully saturated rings. The van der Waals surface area contributed by atoms with Gasteiger partial charge in [-0.25, -0.2) is 15.0 Å². The fourth-order valence-electron chi connectivity index (χ4n) is 0.852. The number of nitrogens with one attached hydrogen (secondary N) is 1. The molecule has 4 nitrogen and oxygen atoms in total. The standard InChI is InChI=1S/C7H6N4.ClH/c1-6(2-9-4-8-1)7-3-10-5-11-7;/h1-5H,(H,10,11);1H. The van der Waals surface area contributed by atoms with Gasteiger partial charge in [0.25, 0.3) is 0 Å². The van der Waals surface area contributed by atoms with E-state index < -0.39 is 0 Å². The van der Waals surface area contributed by atoms with E-state index in [4.69, 9.17) is 0 Å². The molecule has 0 radical (unpaired) electrons. The number of imidazole rings is 1. The number of aromatic nitrogens is 4. The molecule has 62 valence electrons. The normalized spacial score (nSPS) is 9.00. The van der Waals surface area contributed by atoms with Crippen LogP contribution in [0.5, 0.6) is 0 Å². The summed E-state index contributed by atoms with van der Waals surface area (Å²) in [5.41, 5.74) is 1.88. The van der Waals surface area contributed by atoms with Gasteiger partial charge in [0.15, 0.2) is 0 Å². The Morgan fingerprint density at radius 2 is 1.75 bits per heavy atom. The van der Waals surface area contributed by atoms with E-state index in [1.54, 1.807) is 24.9 Å². The molecule has 2 aromatic rings. The van der Waals surface area contributed by atoms with E-state index in [2.05, 4.69) is 19.9 Å². The van der Waals surface area contributed by atoms with Gasteiger partial charge in [-0.2, -0.15) is 0 Å². The quantitative estimate of drug-likeness (QED) is 0.723. The van der Waals surface area contributed by atoms with E-state index in [0.717, 1.165) is 11.3 Å². The lowest BCUT2D eigenvalue weighted by molar-refractivity contribution is 1.16. The molecule has 0 saturated carbocycles. The van der Waals surface area contributed by atoms with Crippen LogP contribution in [0.3, 0.4) is 0 Å². The fourth-order valence-corrected chi connectivity index (χ4v) is 0.852. The van der Waals surface area contributed by atoms with E-state index in [1.165, 1.54) is 6.33 Å². The zero-order valence-corrected chi connectivity index (χ0v) is 6.95. The zero-order chi connectivity index (χ0) is 7.52. The first-order valence-corrected chi connectivity index (χ1v) is 3.20. The number of aromatic amines is 1. The molecule has 0 aliphatic heterocycles. The third-order valence-corrected chi connectivity index (χ3v) is 1.37. The Labute approximate surface area is 75.5 Å². The van der Waals surface area contributed by atoms with Crippen LogP contribution >= 0.6 is 12.4 Å². The lowest BCUT2D eigenvalue weighted by atomic mass is 10.3. The van der Waals surface area contributed by atoms with Crippen LogP contribution in [0.1, 0.15) is 0 Å². The Kier molecular flexibility index (Phi) is 2.76. The molecule has 0 spiro atoms. The first kappa shape index (κ1) is 8.67. The molecule has 0 atom stereocenters. The van der Waals surface area contributed by atoms with Gasteiger partial charge in [0.1, 0.15) is 6.33 Å². The number of hydrogen-bond donors (Lipinski definition) is 1. The Balaban J connectivity index is 0.000000720. The molecule has 0 aliphatic rings. The summed E-state index contributed by atoms with van der Waals surface area (Å²) in [5, 5.41) is 0. The Morgan fingerprint density at radius 1 is 1.00 bits per heavy atom. The van der Waals surface area contributed by atoms with Crippen LogP contribution in [0.2, 0.25) is 0 Å². The molecule has 2 heterocycles. The largest absolute Gasteiger partial charge is 0.345 e. The van der Waals surface area contributed by atoms with Crippen molar-refractivity contribution in [1.82, 2.24) is 19.9 Å². The summed E-state index contributed by atoms with van der Waals surface area (Å²) in [5.74, 6) is 0. The van der Waals surface area contributed by atoms with Crippen molar-refractivity contribution in [1.29, 1.82) is 0 Å². The molecule has 5 heteroatoms. The Morgan fingerprint density at radius 3 is 2.33 bits per heavy atom. The maximum atomic E-state index is 3.89. The van der Waals surface area contributed by atoms with E-state index in [9.17, 15) is 0 Å². The van der Waals surface area contributed by atoms with E-state index in [0.29, 0.717) is 0 Å². The average molecular weight is 183 g/mol. The molecule has 0 unspecified atom stereocenters. The number of nitrogens with zero attached hydrogens (tertiary/aromatic N) is 3. The number of hydrogen-bond acceptors (Lipinski definition) is 3. The van der Waals surface area contributed by atoms with Gasteiger partial charge >= 0.3 is 0 Å². The predicted molar refractivity (Wildman–Crippen MR) is 46.9 cm³/mol. The van der Waals surface area contributed by atoms with Crippen LogP contribution in [0, 0.1) is 0 Å². The van der Waals surface area contributed by atoms with Gasteiger partial charge < -0.3 is 4.98 Å². The first-order valence-electron chi connectivity index (χ1n) is 3.20. The lowest BCUT2D eigenvalue weighted by Gasteiger charge is -1.91. The molecule has 0 aromatic carbocycles. The fraction of sp³-hybridized carbons (Fsp3) is 0. The minimum absolute atomic E-state index is 0. The second-order valence-electron chi connectivity index (χ2n) is 2.09. The topological polar surface area (TPSA) is 54.5 Å². The highest BCUT2D eigenvalue weighted by atomic mass is 35.5. The van der Waals surface area contributed by atoms with Crippen molar-refractivity contribution >= 4 is 12.4 Å². The molecule has 0 amide bonds. The van der Waals surface area contributed by atoms with Gasteiger partial charge in [0.2, 0.25) is 0 Å². The summed E-state index contributed by atoms with van der Waals surface area (Å²) in [6.45, 7) is 0. The van der Waals surface area contributed by atoms with Crippen molar-refractivity contribution in [3.8, 4) is 11.3 Å². The van der Waals surface area contributed by atoms with Crippen LogP contribution in [-0.4, -0.2) is 19.9 Å². The molecule has 1 N–H and O–H groups in total. The van der Waals surface area contributed by atoms with Crippen molar-refractivity contribution in [3.05, 3.63) is 31.2 Å². The Bertz CT molecular complexity index is 318. The number of H-pyrrole nitrogens is 1. The third-order valence-electron chi connectivity index (χ3n) is 1.37. The number of halogens is 1. The maximum absolute atomic E-state index is 3.89. The molecule has 12 heavy (non-hydrogen) atoms. The van der Waals surface area contributed by atoms with Gasteiger partial charge in [-0.3, -0.25) is 0 Å². The van der Waals surface area contributed by atoms with Crippen LogP contribution in [-0.2, 0) is 0 Å². The third kappa shape index (κ3) is 1.60. The summed E-state index contributed by atoms with van der Waals surface area (Å²) in [7, 11) is 0. The van der Waals surface area contributed by atoms with Crippen molar-refractivity contribution in [2.75, 3.05) is 0 Å². The molecule has 2 aromatic heterocycles. The summed E-state index contributed by atoms with van der Waals surface area (Å²) in [6, 6.07) is 0. The van der Waals surface area contributed by atoms with Gasteiger partial charge in [-0.05, 0) is 0 Å². The van der Waals surface area contributed by atoms with Gasteiger partial charge in [0.05, 0.1) is 18.2 Å². The monoisotopic (exact) mass is 182 g/mol. The summed E-state index contributed by atoms with van der Waals surface area (Å²) < 4.78 is 0. The lowest BCUT2D eigenvalue weighted by Crippen LogP contribution is -1.80. The highest BCUT2D eigenvalue weighted by molar-refractivity contribution is 5.85. The summed E-state index contributed by atoms with van der Waals surface area (Å²) in [4.78, 5) is 14.6. The second kappa shape index (κ2) is 3.82. The van der Waals surface area contributed by atoms with Gasteiger partial charge in [-0.15, -0.1) is 12.4 Å². The molecular weight excluding hydrogens is 176 g/mol. The van der Waals surface area contributed by atoms with Crippen molar-refractivity contribution < 1.29 is 0 Å². The molecule has 2 rings (SSSR count). The van der Waals surface area contributed by atoms with Crippen LogP contribution in [0.4, 0.5) is 0 Å². The zero-order valence-electron chi connectivity index (χ0n) is 6.14. The van der Waals surface area contributed by atoms with E-state index in [-0.39, 0.29) is 12.4 Å². The first-order chi connectivity index (χ1) is 5.47. The van der Waals surface area contributed by atoms with Crippen molar-refractivity contribution in [2.45, 2.75) is 0 Å². The Hall–Kier alpha value is -1.42. The van der Waals surface area contributed by atoms with Gasteiger partial charge in [-0.1, -0.05) is 0 Å². The molecule has 0 bridgehead atoms. The SMILES string of the molecule is Cl.c1ncc(-c2cnc[nH]2)cn1. The minimum atomic E-state index is 0. The van der Waals surface area contributed by atoms with E-state index >= 15 is 0 Å². The van der Waals surface area contributed by atoms with E-state index in [1.807, 2.05) is 0 Å². The summed E-state index contributed by atoms with van der Waals surface area (Å²) in [6.07, 6.45) is 8.34. The molecule has 0 aliphatic carbocycles. The highest BCUT2D eigenvalue weighted by Gasteiger charge is 1.95. The summed E-state index contributed by atoms with van der Waals surface area (Å²) >= 11 is 0. The van der Waals surface area contributed by atoms with Crippen molar-refractivity contribution in [2.24, 2.45) is 0 Å². The average Bonchev–Trinajstić information content (AvgIpc) is 2.58. The molecular formula is C7H7ClN4. The minimum Gasteiger partial charge on any atom is -0.345 e. The van der Waals surface area contributed by atoms with Crippen LogP contribution in [0.25, 0.3) is 11.3 Å². The van der Waals surface area contributed by atoms with Gasteiger partial charge in [0, 0.05) is 18.0 Å². The predicted octanol–water partition coefficient (Wildman–Crippen LogP) is 1.29. The second-order valence-corrected chi connectivity index (χ2v) is 2.09. The maximum Gasteiger partial charge on any atom is 0.115 e. The van der Waals surface area contributed by atoms with Crippen LogP contribution in [0.15, 0.2) is 31.2 Å². The molecule has 0 saturated heterocycles. The van der Waals surface area contributed by atoms with Crippen molar-refractivity contribution in [3.63, 3.8) is 0 Å².